The summed E-state index contributed by atoms with van der Waals surface area (Å²) >= 11 is 1.60. The van der Waals surface area contributed by atoms with Crippen molar-refractivity contribution in [2.24, 2.45) is 0 Å². The van der Waals surface area contributed by atoms with Gasteiger partial charge in [0.2, 0.25) is 0 Å². The molecule has 2 amide bonds. The lowest BCUT2D eigenvalue weighted by atomic mass is 10.1. The normalized spacial score (nSPS) is 14.3. The third kappa shape index (κ3) is 4.80. The number of carbonyl (C=O) groups excluding carboxylic acids is 2. The quantitative estimate of drug-likeness (QED) is 0.397. The lowest BCUT2D eigenvalue weighted by molar-refractivity contribution is 0.0950. The lowest BCUT2D eigenvalue weighted by Gasteiger charge is -2.34. The predicted molar refractivity (Wildman–Crippen MR) is 136 cm³/mol. The summed E-state index contributed by atoms with van der Waals surface area (Å²) in [7, 11) is 2.13. The highest BCUT2D eigenvalue weighted by molar-refractivity contribution is 7.09. The van der Waals surface area contributed by atoms with Gasteiger partial charge in [0, 0.05) is 53.3 Å². The van der Waals surface area contributed by atoms with Gasteiger partial charge in [0.05, 0.1) is 12.1 Å². The molecule has 0 radical (unpaired) electrons. The lowest BCUT2D eigenvalue weighted by Crippen LogP contribution is -2.44. The fraction of sp³-hybridized carbons (Fsp3) is 0.240. The molecular weight excluding hydrogens is 448 g/mol. The molecule has 0 saturated carbocycles. The number of H-pyrrole nitrogens is 1. The number of nitrogens with zero attached hydrogens (tertiary/aromatic N) is 3. The summed E-state index contributed by atoms with van der Waals surface area (Å²) in [4.78, 5) is 31.2. The van der Waals surface area contributed by atoms with Crippen LogP contribution in [0.4, 0.5) is 11.5 Å². The number of likely N-dealkylation sites (N-methyl/N-ethyl adjacent to an activating group) is 1. The van der Waals surface area contributed by atoms with Gasteiger partial charge in [-0.25, -0.2) is 0 Å². The van der Waals surface area contributed by atoms with Crippen LogP contribution in [0.25, 0.3) is 10.9 Å². The maximum absolute atomic E-state index is 12.9. The van der Waals surface area contributed by atoms with Gasteiger partial charge >= 0.3 is 0 Å². The van der Waals surface area contributed by atoms with Gasteiger partial charge in [-0.05, 0) is 61.0 Å². The minimum absolute atomic E-state index is 0.173. The molecular formula is C25H26N6O2S. The second kappa shape index (κ2) is 9.66. The molecule has 1 fully saturated rings. The van der Waals surface area contributed by atoms with Crippen molar-refractivity contribution in [1.82, 2.24) is 20.4 Å². The van der Waals surface area contributed by atoms with Gasteiger partial charge in [0.1, 0.15) is 0 Å². The van der Waals surface area contributed by atoms with Crippen LogP contribution in [-0.2, 0) is 6.54 Å². The Balaban J connectivity index is 1.27. The average molecular weight is 475 g/mol. The fourth-order valence-electron chi connectivity index (χ4n) is 4.00. The summed E-state index contributed by atoms with van der Waals surface area (Å²) in [5, 5.41) is 15.6. The van der Waals surface area contributed by atoms with Crippen molar-refractivity contribution >= 4 is 45.6 Å². The Kier molecular flexibility index (Phi) is 6.29. The molecule has 4 aromatic rings. The number of aromatic nitrogens is 2. The average Bonchev–Trinajstić information content (AvgIpc) is 3.53. The number of hydrogen-bond donors (Lipinski definition) is 3. The number of benzene rings is 2. The van der Waals surface area contributed by atoms with E-state index in [-0.39, 0.29) is 11.8 Å². The fourth-order valence-corrected chi connectivity index (χ4v) is 4.65. The van der Waals surface area contributed by atoms with Crippen molar-refractivity contribution < 1.29 is 9.59 Å². The van der Waals surface area contributed by atoms with Crippen LogP contribution in [0.5, 0.6) is 0 Å². The standard InChI is InChI=1S/C25H26N6O2S/c1-30-10-12-31(13-11-30)19-7-4-17(5-8-19)25(33)27-23-21-15-18(6-9-22(21)28-29-23)24(32)26-16-20-3-2-14-34-20/h2-9,14-15H,10-13,16H2,1H3,(H,26,32)(H2,27,28,29,33). The molecule has 0 spiro atoms. The number of piperazine rings is 1. The molecule has 2 aromatic heterocycles. The van der Waals surface area contributed by atoms with E-state index in [1.807, 2.05) is 41.8 Å². The maximum atomic E-state index is 12.9. The van der Waals surface area contributed by atoms with Crippen LogP contribution < -0.4 is 15.5 Å². The maximum Gasteiger partial charge on any atom is 0.256 e. The molecule has 0 bridgehead atoms. The molecule has 0 atom stereocenters. The predicted octanol–water partition coefficient (Wildman–Crippen LogP) is 3.56. The minimum Gasteiger partial charge on any atom is -0.369 e. The van der Waals surface area contributed by atoms with Crippen LogP contribution in [0.2, 0.25) is 0 Å². The molecule has 8 nitrogen and oxygen atoms in total. The second-order valence-corrected chi connectivity index (χ2v) is 9.42. The number of hydrogen-bond acceptors (Lipinski definition) is 6. The van der Waals surface area contributed by atoms with E-state index >= 15 is 0 Å². The van der Waals surface area contributed by atoms with Crippen LogP contribution in [0.15, 0.2) is 60.0 Å². The van der Waals surface area contributed by atoms with Crippen molar-refractivity contribution in [2.75, 3.05) is 43.4 Å². The van der Waals surface area contributed by atoms with Crippen molar-refractivity contribution in [3.05, 3.63) is 76.0 Å². The van der Waals surface area contributed by atoms with E-state index in [9.17, 15) is 9.59 Å². The molecule has 0 unspecified atom stereocenters. The first-order chi connectivity index (χ1) is 16.6. The first kappa shape index (κ1) is 22.1. The molecule has 1 aliphatic heterocycles. The Morgan fingerprint density at radius 1 is 1.00 bits per heavy atom. The van der Waals surface area contributed by atoms with E-state index < -0.39 is 0 Å². The van der Waals surface area contributed by atoms with Gasteiger partial charge in [-0.15, -0.1) is 11.3 Å². The number of rotatable bonds is 6. The van der Waals surface area contributed by atoms with Gasteiger partial charge < -0.3 is 20.4 Å². The van der Waals surface area contributed by atoms with Crippen molar-refractivity contribution in [3.8, 4) is 0 Å². The summed E-state index contributed by atoms with van der Waals surface area (Å²) in [6, 6.07) is 16.9. The van der Waals surface area contributed by atoms with E-state index in [0.29, 0.717) is 28.9 Å². The van der Waals surface area contributed by atoms with Gasteiger partial charge in [-0.1, -0.05) is 6.07 Å². The number of thiophene rings is 1. The molecule has 34 heavy (non-hydrogen) atoms. The second-order valence-electron chi connectivity index (χ2n) is 8.39. The Bertz CT molecular complexity index is 1290. The highest BCUT2D eigenvalue weighted by Crippen LogP contribution is 2.23. The SMILES string of the molecule is CN1CCN(c2ccc(C(=O)Nc3n[nH]c4ccc(C(=O)NCc5cccs5)cc34)cc2)CC1. The zero-order chi connectivity index (χ0) is 23.5. The smallest absolute Gasteiger partial charge is 0.256 e. The van der Waals surface area contributed by atoms with Gasteiger partial charge in [0.25, 0.3) is 11.8 Å². The van der Waals surface area contributed by atoms with E-state index in [2.05, 4.69) is 37.7 Å². The molecule has 5 rings (SSSR count). The Morgan fingerprint density at radius 2 is 1.76 bits per heavy atom. The van der Waals surface area contributed by atoms with Crippen molar-refractivity contribution in [1.29, 1.82) is 0 Å². The number of nitrogens with one attached hydrogen (secondary N) is 3. The largest absolute Gasteiger partial charge is 0.369 e. The summed E-state index contributed by atoms with van der Waals surface area (Å²) in [5.74, 6) is -0.0183. The first-order valence-corrected chi connectivity index (χ1v) is 12.1. The molecule has 1 saturated heterocycles. The van der Waals surface area contributed by atoms with E-state index in [1.165, 1.54) is 0 Å². The Morgan fingerprint density at radius 3 is 2.50 bits per heavy atom. The van der Waals surface area contributed by atoms with Crippen molar-refractivity contribution in [3.63, 3.8) is 0 Å². The number of anilines is 2. The molecule has 3 N–H and O–H groups in total. The van der Waals surface area contributed by atoms with Gasteiger partial charge in [0.15, 0.2) is 5.82 Å². The molecule has 3 heterocycles. The van der Waals surface area contributed by atoms with Crippen LogP contribution in [-0.4, -0.2) is 60.1 Å². The van der Waals surface area contributed by atoms with E-state index in [1.54, 1.807) is 29.5 Å². The Hall–Kier alpha value is -3.69. The number of fused-ring (bicyclic) bond motifs is 1. The van der Waals surface area contributed by atoms with E-state index in [0.717, 1.165) is 42.3 Å². The molecule has 9 heteroatoms. The number of aromatic amines is 1. The first-order valence-electron chi connectivity index (χ1n) is 11.2. The highest BCUT2D eigenvalue weighted by Gasteiger charge is 2.16. The number of carbonyl (C=O) groups is 2. The zero-order valence-electron chi connectivity index (χ0n) is 18.9. The van der Waals surface area contributed by atoms with E-state index in [4.69, 9.17) is 0 Å². The Labute approximate surface area is 201 Å². The van der Waals surface area contributed by atoms with Crippen LogP contribution >= 0.6 is 11.3 Å². The summed E-state index contributed by atoms with van der Waals surface area (Å²) < 4.78 is 0. The monoisotopic (exact) mass is 474 g/mol. The number of amides is 2. The summed E-state index contributed by atoms with van der Waals surface area (Å²) in [5.41, 5.74) is 2.93. The molecule has 174 valence electrons. The molecule has 0 aliphatic carbocycles. The minimum atomic E-state index is -0.245. The van der Waals surface area contributed by atoms with Gasteiger partial charge in [-0.3, -0.25) is 14.7 Å². The van der Waals surface area contributed by atoms with Crippen LogP contribution in [0.1, 0.15) is 25.6 Å². The van der Waals surface area contributed by atoms with Crippen LogP contribution in [0, 0.1) is 0 Å². The van der Waals surface area contributed by atoms with Crippen molar-refractivity contribution in [2.45, 2.75) is 6.54 Å². The summed E-state index contributed by atoms with van der Waals surface area (Å²) in [6.07, 6.45) is 0. The molecule has 1 aliphatic rings. The molecule has 2 aromatic carbocycles. The third-order valence-electron chi connectivity index (χ3n) is 6.06. The third-order valence-corrected chi connectivity index (χ3v) is 6.93. The van der Waals surface area contributed by atoms with Crippen LogP contribution in [0.3, 0.4) is 0 Å². The van der Waals surface area contributed by atoms with Gasteiger partial charge in [-0.2, -0.15) is 5.10 Å². The zero-order valence-corrected chi connectivity index (χ0v) is 19.7. The highest BCUT2D eigenvalue weighted by atomic mass is 32.1. The summed E-state index contributed by atoms with van der Waals surface area (Å²) in [6.45, 7) is 4.49. The topological polar surface area (TPSA) is 93.4 Å².